The minimum absolute atomic E-state index is 0. The highest BCUT2D eigenvalue weighted by molar-refractivity contribution is 5.85. The first-order chi connectivity index (χ1) is 6.95. The van der Waals surface area contributed by atoms with Gasteiger partial charge >= 0.3 is 0 Å². The Kier molecular flexibility index (Phi) is 5.36. The highest BCUT2D eigenvalue weighted by Crippen LogP contribution is 2.11. The molecule has 1 atom stereocenters. The predicted molar refractivity (Wildman–Crippen MR) is 60.4 cm³/mol. The number of piperidine rings is 1. The van der Waals surface area contributed by atoms with Gasteiger partial charge in [-0.3, -0.25) is 4.98 Å². The average Bonchev–Trinajstić information content (AvgIpc) is 2.29. The summed E-state index contributed by atoms with van der Waals surface area (Å²) in [7, 11) is 0. The molecule has 1 unspecified atom stereocenters. The zero-order valence-corrected chi connectivity index (χ0v) is 9.37. The molecule has 1 saturated heterocycles. The molecule has 0 amide bonds. The van der Waals surface area contributed by atoms with Crippen LogP contribution in [0.1, 0.15) is 12.8 Å². The number of nitrogens with one attached hydrogen (secondary N) is 1. The highest BCUT2D eigenvalue weighted by atomic mass is 35.5. The van der Waals surface area contributed by atoms with E-state index in [4.69, 9.17) is 4.74 Å². The van der Waals surface area contributed by atoms with E-state index < -0.39 is 0 Å². The highest BCUT2D eigenvalue weighted by Gasteiger charge is 2.13. The fourth-order valence-corrected chi connectivity index (χ4v) is 1.63. The Balaban J connectivity index is 0.00000112. The molecule has 0 radical (unpaired) electrons. The van der Waals surface area contributed by atoms with Gasteiger partial charge in [0, 0.05) is 24.9 Å². The van der Waals surface area contributed by atoms with Crippen molar-refractivity contribution in [3.8, 4) is 5.88 Å². The van der Waals surface area contributed by atoms with Gasteiger partial charge in [-0.25, -0.2) is 4.98 Å². The van der Waals surface area contributed by atoms with Crippen LogP contribution in [0.4, 0.5) is 0 Å². The van der Waals surface area contributed by atoms with Gasteiger partial charge in [0.2, 0.25) is 5.88 Å². The van der Waals surface area contributed by atoms with Crippen molar-refractivity contribution in [2.75, 3.05) is 19.7 Å². The van der Waals surface area contributed by atoms with Crippen LogP contribution in [-0.4, -0.2) is 29.7 Å². The maximum Gasteiger partial charge on any atom is 0.232 e. The smallest absolute Gasteiger partial charge is 0.232 e. The van der Waals surface area contributed by atoms with Gasteiger partial charge < -0.3 is 10.1 Å². The summed E-state index contributed by atoms with van der Waals surface area (Å²) < 4.78 is 5.53. The van der Waals surface area contributed by atoms with Crippen molar-refractivity contribution in [3.05, 3.63) is 18.6 Å². The lowest BCUT2D eigenvalue weighted by molar-refractivity contribution is 0.211. The third-order valence-electron chi connectivity index (χ3n) is 2.41. The van der Waals surface area contributed by atoms with Gasteiger partial charge in [0.25, 0.3) is 0 Å². The van der Waals surface area contributed by atoms with E-state index in [1.807, 2.05) is 0 Å². The molecule has 0 spiro atoms. The van der Waals surface area contributed by atoms with Crippen molar-refractivity contribution in [1.82, 2.24) is 15.3 Å². The molecule has 0 aliphatic carbocycles. The number of aromatic nitrogens is 2. The van der Waals surface area contributed by atoms with Crippen molar-refractivity contribution in [2.24, 2.45) is 5.92 Å². The van der Waals surface area contributed by atoms with E-state index in [9.17, 15) is 0 Å². The van der Waals surface area contributed by atoms with Crippen LogP contribution in [0, 0.1) is 5.92 Å². The summed E-state index contributed by atoms with van der Waals surface area (Å²) in [6, 6.07) is 0. The molecule has 1 aliphatic rings. The van der Waals surface area contributed by atoms with Crippen molar-refractivity contribution in [3.63, 3.8) is 0 Å². The van der Waals surface area contributed by atoms with Gasteiger partial charge in [-0.1, -0.05) is 0 Å². The van der Waals surface area contributed by atoms with Crippen LogP contribution in [0.15, 0.2) is 18.6 Å². The van der Waals surface area contributed by atoms with Crippen LogP contribution in [-0.2, 0) is 0 Å². The molecule has 0 bridgehead atoms. The quantitative estimate of drug-likeness (QED) is 0.848. The molecule has 15 heavy (non-hydrogen) atoms. The van der Waals surface area contributed by atoms with Gasteiger partial charge in [-0.2, -0.15) is 0 Å². The van der Waals surface area contributed by atoms with Crippen molar-refractivity contribution < 1.29 is 4.74 Å². The predicted octanol–water partition coefficient (Wildman–Crippen LogP) is 1.28. The number of nitrogens with zero attached hydrogens (tertiary/aromatic N) is 2. The third-order valence-corrected chi connectivity index (χ3v) is 2.41. The second-order valence-corrected chi connectivity index (χ2v) is 3.57. The van der Waals surface area contributed by atoms with E-state index in [-0.39, 0.29) is 12.4 Å². The van der Waals surface area contributed by atoms with Gasteiger partial charge in [-0.05, 0) is 19.4 Å². The van der Waals surface area contributed by atoms with Gasteiger partial charge in [0.15, 0.2) is 0 Å². The zero-order valence-electron chi connectivity index (χ0n) is 8.56. The monoisotopic (exact) mass is 229 g/mol. The molecule has 5 heteroatoms. The maximum atomic E-state index is 5.53. The molecule has 1 aliphatic heterocycles. The molecule has 2 heterocycles. The van der Waals surface area contributed by atoms with E-state index in [1.165, 1.54) is 12.8 Å². The third kappa shape index (κ3) is 4.01. The fourth-order valence-electron chi connectivity index (χ4n) is 1.63. The van der Waals surface area contributed by atoms with E-state index in [0.717, 1.165) is 19.7 Å². The maximum absolute atomic E-state index is 5.53. The van der Waals surface area contributed by atoms with Crippen LogP contribution in [0.25, 0.3) is 0 Å². The summed E-state index contributed by atoms with van der Waals surface area (Å²) in [6.45, 7) is 2.94. The molecule has 2 rings (SSSR count). The summed E-state index contributed by atoms with van der Waals surface area (Å²) >= 11 is 0. The topological polar surface area (TPSA) is 47.0 Å². The molecule has 0 aromatic carbocycles. The molecule has 1 N–H and O–H groups in total. The number of ether oxygens (including phenoxy) is 1. The van der Waals surface area contributed by atoms with Gasteiger partial charge in [0.05, 0.1) is 12.8 Å². The Morgan fingerprint density at radius 3 is 3.07 bits per heavy atom. The Morgan fingerprint density at radius 2 is 2.40 bits per heavy atom. The first kappa shape index (κ1) is 12.2. The van der Waals surface area contributed by atoms with Crippen molar-refractivity contribution in [1.29, 1.82) is 0 Å². The van der Waals surface area contributed by atoms with Gasteiger partial charge in [0.1, 0.15) is 0 Å². The molecular formula is C10H16ClN3O. The SMILES string of the molecule is Cl.c1cnc(OCC2CCCNC2)cn1. The number of halogens is 1. The lowest BCUT2D eigenvalue weighted by Gasteiger charge is -2.22. The summed E-state index contributed by atoms with van der Waals surface area (Å²) in [5, 5.41) is 3.36. The summed E-state index contributed by atoms with van der Waals surface area (Å²) in [5.41, 5.74) is 0. The molecule has 1 aromatic heterocycles. The molecule has 4 nitrogen and oxygen atoms in total. The molecule has 1 fully saturated rings. The van der Waals surface area contributed by atoms with Crippen LogP contribution in [0.3, 0.4) is 0 Å². The van der Waals surface area contributed by atoms with Crippen LogP contribution in [0.5, 0.6) is 5.88 Å². The first-order valence-electron chi connectivity index (χ1n) is 5.04. The summed E-state index contributed by atoms with van der Waals surface area (Å²) in [5.74, 6) is 1.24. The van der Waals surface area contributed by atoms with E-state index in [2.05, 4.69) is 15.3 Å². The van der Waals surface area contributed by atoms with Crippen LogP contribution < -0.4 is 10.1 Å². The second-order valence-electron chi connectivity index (χ2n) is 3.57. The molecule has 1 aromatic rings. The normalized spacial score (nSPS) is 20.4. The van der Waals surface area contributed by atoms with E-state index >= 15 is 0 Å². The molecule has 84 valence electrons. The standard InChI is InChI=1S/C10H15N3O.ClH/c1-2-9(6-11-3-1)8-14-10-7-12-4-5-13-10;/h4-5,7,9,11H,1-3,6,8H2;1H. The average molecular weight is 230 g/mol. The minimum atomic E-state index is 0. The van der Waals surface area contributed by atoms with Gasteiger partial charge in [-0.15, -0.1) is 12.4 Å². The summed E-state index contributed by atoms with van der Waals surface area (Å²) in [4.78, 5) is 8.00. The van der Waals surface area contributed by atoms with Crippen LogP contribution in [0.2, 0.25) is 0 Å². The Hall–Kier alpha value is -0.870. The lowest BCUT2D eigenvalue weighted by Crippen LogP contribution is -2.33. The van der Waals surface area contributed by atoms with Crippen LogP contribution >= 0.6 is 12.4 Å². The minimum Gasteiger partial charge on any atom is -0.476 e. The largest absolute Gasteiger partial charge is 0.476 e. The van der Waals surface area contributed by atoms with E-state index in [0.29, 0.717) is 11.8 Å². The summed E-state index contributed by atoms with van der Waals surface area (Å²) in [6.07, 6.45) is 7.43. The lowest BCUT2D eigenvalue weighted by atomic mass is 10.0. The fraction of sp³-hybridized carbons (Fsp3) is 0.600. The second kappa shape index (κ2) is 6.58. The molecule has 0 saturated carbocycles. The Morgan fingerprint density at radius 1 is 1.47 bits per heavy atom. The van der Waals surface area contributed by atoms with Crippen molar-refractivity contribution in [2.45, 2.75) is 12.8 Å². The zero-order chi connectivity index (χ0) is 9.64. The molecular weight excluding hydrogens is 214 g/mol. The van der Waals surface area contributed by atoms with E-state index in [1.54, 1.807) is 18.6 Å². The number of hydrogen-bond donors (Lipinski definition) is 1. The Bertz CT molecular complexity index is 265. The number of rotatable bonds is 3. The van der Waals surface area contributed by atoms with Crippen molar-refractivity contribution >= 4 is 12.4 Å². The first-order valence-corrected chi connectivity index (χ1v) is 5.04. The number of hydrogen-bond acceptors (Lipinski definition) is 4. The Labute approximate surface area is 95.9 Å².